The van der Waals surface area contributed by atoms with E-state index in [1.54, 1.807) is 0 Å². The second-order valence-electron chi connectivity index (χ2n) is 3.51. The Bertz CT molecular complexity index is 61.5. The van der Waals surface area contributed by atoms with Gasteiger partial charge in [0.2, 0.25) is 0 Å². The van der Waals surface area contributed by atoms with Crippen LogP contribution in [0.5, 0.6) is 0 Å². The summed E-state index contributed by atoms with van der Waals surface area (Å²) < 4.78 is 0. The normalized spacial score (nSPS) is 12.0. The first-order valence-electron chi connectivity index (χ1n) is 3.64. The van der Waals surface area contributed by atoms with Crippen LogP contribution in [0.1, 0.15) is 34.1 Å². The quantitative estimate of drug-likeness (QED) is 0.551. The molecule has 0 bridgehead atoms. The number of hydrogen-bond donors (Lipinski definition) is 0. The molecule has 0 N–H and O–H groups in total. The summed E-state index contributed by atoms with van der Waals surface area (Å²) in [5, 5.41) is 0. The van der Waals surface area contributed by atoms with Gasteiger partial charge >= 0.3 is 0 Å². The molecule has 0 unspecified atom stereocenters. The lowest BCUT2D eigenvalue weighted by Crippen LogP contribution is -2.05. The van der Waals surface area contributed by atoms with Gasteiger partial charge in [-0.15, -0.1) is 0 Å². The monoisotopic (exact) mass is 146 g/mol. The van der Waals surface area contributed by atoms with Gasteiger partial charge in [0, 0.05) is 0 Å². The molecule has 1 heteroatoms. The van der Waals surface area contributed by atoms with Gasteiger partial charge in [0.1, 0.15) is 0 Å². The summed E-state index contributed by atoms with van der Waals surface area (Å²) in [6.45, 7) is 9.10. The van der Waals surface area contributed by atoms with E-state index in [9.17, 15) is 0 Å². The Morgan fingerprint density at radius 2 is 1.78 bits per heavy atom. The average Bonchev–Trinajstić information content (AvgIpc) is 1.63. The van der Waals surface area contributed by atoms with Crippen LogP contribution in [0.25, 0.3) is 0 Å². The maximum atomic E-state index is 2.29. The number of thioether (sulfide) groups is 1. The average molecular weight is 146 g/mol. The van der Waals surface area contributed by atoms with E-state index in [2.05, 4.69) is 27.7 Å². The molecular weight excluding hydrogens is 128 g/mol. The molecule has 0 atom stereocenters. The minimum absolute atomic E-state index is 0.530. The fourth-order valence-electron chi connectivity index (χ4n) is 0.523. The van der Waals surface area contributed by atoms with Crippen molar-refractivity contribution in [2.75, 3.05) is 11.5 Å². The van der Waals surface area contributed by atoms with Crippen LogP contribution in [0.3, 0.4) is 0 Å². The highest BCUT2D eigenvalue weighted by Crippen LogP contribution is 2.20. The highest BCUT2D eigenvalue weighted by molar-refractivity contribution is 7.99. The molecule has 0 aromatic rings. The van der Waals surface area contributed by atoms with E-state index in [0.29, 0.717) is 5.41 Å². The molecule has 0 rings (SSSR count). The van der Waals surface area contributed by atoms with Gasteiger partial charge in [-0.2, -0.15) is 11.8 Å². The van der Waals surface area contributed by atoms with Gasteiger partial charge in [0.25, 0.3) is 0 Å². The van der Waals surface area contributed by atoms with Gasteiger partial charge in [-0.25, -0.2) is 0 Å². The Morgan fingerprint density at radius 3 is 2.11 bits per heavy atom. The zero-order valence-corrected chi connectivity index (χ0v) is 7.85. The summed E-state index contributed by atoms with van der Waals surface area (Å²) >= 11 is 2.03. The van der Waals surface area contributed by atoms with Gasteiger partial charge < -0.3 is 0 Å². The molecule has 0 amide bonds. The van der Waals surface area contributed by atoms with E-state index in [1.807, 2.05) is 11.8 Å². The van der Waals surface area contributed by atoms with Crippen molar-refractivity contribution in [3.05, 3.63) is 0 Å². The Labute approximate surface area is 63.4 Å². The smallest absolute Gasteiger partial charge is 0.00627 e. The first-order valence-corrected chi connectivity index (χ1v) is 4.79. The molecule has 0 saturated carbocycles. The van der Waals surface area contributed by atoms with Crippen molar-refractivity contribution in [3.63, 3.8) is 0 Å². The Balaban J connectivity index is 3.07. The molecule has 0 saturated heterocycles. The SMILES string of the molecule is CCSCCC(C)(C)C. The molecule has 0 nitrogen and oxygen atoms in total. The van der Waals surface area contributed by atoms with Crippen LogP contribution in [0, 0.1) is 5.41 Å². The summed E-state index contributed by atoms with van der Waals surface area (Å²) in [5.41, 5.74) is 0.530. The maximum Gasteiger partial charge on any atom is -0.00627 e. The molecule has 0 radical (unpaired) electrons. The Hall–Kier alpha value is 0.350. The van der Waals surface area contributed by atoms with E-state index in [-0.39, 0.29) is 0 Å². The largest absolute Gasteiger partial charge is 0.162 e. The van der Waals surface area contributed by atoms with Crippen molar-refractivity contribution in [2.45, 2.75) is 34.1 Å². The predicted molar refractivity (Wildman–Crippen MR) is 47.1 cm³/mol. The first kappa shape index (κ1) is 9.35. The number of rotatable bonds is 3. The lowest BCUT2D eigenvalue weighted by molar-refractivity contribution is 0.401. The van der Waals surface area contributed by atoms with Crippen LogP contribution < -0.4 is 0 Å². The molecule has 56 valence electrons. The van der Waals surface area contributed by atoms with Crippen LogP contribution in [0.15, 0.2) is 0 Å². The fourth-order valence-corrected chi connectivity index (χ4v) is 1.57. The van der Waals surface area contributed by atoms with Crippen LogP contribution in [0.4, 0.5) is 0 Å². The third-order valence-electron chi connectivity index (χ3n) is 1.20. The highest BCUT2D eigenvalue weighted by Gasteiger charge is 2.08. The Kier molecular flexibility index (Phi) is 4.37. The van der Waals surface area contributed by atoms with Crippen molar-refractivity contribution in [1.82, 2.24) is 0 Å². The molecule has 0 fully saturated rings. The predicted octanol–water partition coefficient (Wildman–Crippen LogP) is 3.18. The summed E-state index contributed by atoms with van der Waals surface area (Å²) in [6.07, 6.45) is 1.34. The molecule has 0 spiro atoms. The second kappa shape index (κ2) is 4.21. The summed E-state index contributed by atoms with van der Waals surface area (Å²) in [5.74, 6) is 2.58. The minimum Gasteiger partial charge on any atom is -0.162 e. The molecule has 0 aromatic carbocycles. The number of hydrogen-bond acceptors (Lipinski definition) is 1. The minimum atomic E-state index is 0.530. The van der Waals surface area contributed by atoms with E-state index < -0.39 is 0 Å². The lowest BCUT2D eigenvalue weighted by Gasteiger charge is -2.16. The highest BCUT2D eigenvalue weighted by atomic mass is 32.2. The zero-order chi connectivity index (χ0) is 7.33. The maximum absolute atomic E-state index is 2.29. The van der Waals surface area contributed by atoms with Crippen LogP contribution in [0.2, 0.25) is 0 Å². The van der Waals surface area contributed by atoms with Crippen molar-refractivity contribution in [2.24, 2.45) is 5.41 Å². The van der Waals surface area contributed by atoms with E-state index in [0.717, 1.165) is 0 Å². The summed E-state index contributed by atoms with van der Waals surface area (Å²) in [6, 6.07) is 0. The van der Waals surface area contributed by atoms with E-state index >= 15 is 0 Å². The molecule has 0 aliphatic heterocycles. The van der Waals surface area contributed by atoms with Crippen molar-refractivity contribution in [1.29, 1.82) is 0 Å². The summed E-state index contributed by atoms with van der Waals surface area (Å²) in [4.78, 5) is 0. The lowest BCUT2D eigenvalue weighted by atomic mass is 9.94. The zero-order valence-electron chi connectivity index (χ0n) is 7.03. The Morgan fingerprint density at radius 1 is 1.22 bits per heavy atom. The third-order valence-corrected chi connectivity index (χ3v) is 2.10. The molecule has 0 aliphatic carbocycles. The third kappa shape index (κ3) is 8.35. The van der Waals surface area contributed by atoms with Gasteiger partial charge in [-0.05, 0) is 23.3 Å². The van der Waals surface area contributed by atoms with Crippen LogP contribution in [-0.2, 0) is 0 Å². The van der Waals surface area contributed by atoms with Gasteiger partial charge in [-0.1, -0.05) is 27.7 Å². The molecule has 0 aromatic heterocycles. The van der Waals surface area contributed by atoms with Gasteiger partial charge in [0.05, 0.1) is 0 Å². The standard InChI is InChI=1S/C8H18S/c1-5-9-7-6-8(2,3)4/h5-7H2,1-4H3. The van der Waals surface area contributed by atoms with Gasteiger partial charge in [-0.3, -0.25) is 0 Å². The van der Waals surface area contributed by atoms with Crippen LogP contribution in [-0.4, -0.2) is 11.5 Å². The second-order valence-corrected chi connectivity index (χ2v) is 4.90. The fraction of sp³-hybridized carbons (Fsp3) is 1.00. The van der Waals surface area contributed by atoms with Crippen LogP contribution >= 0.6 is 11.8 Å². The van der Waals surface area contributed by atoms with Crippen molar-refractivity contribution >= 4 is 11.8 Å². The molecular formula is C8H18S. The van der Waals surface area contributed by atoms with E-state index in [1.165, 1.54) is 17.9 Å². The topological polar surface area (TPSA) is 0 Å². The summed E-state index contributed by atoms with van der Waals surface area (Å²) in [7, 11) is 0. The van der Waals surface area contributed by atoms with E-state index in [4.69, 9.17) is 0 Å². The molecule has 9 heavy (non-hydrogen) atoms. The van der Waals surface area contributed by atoms with Crippen molar-refractivity contribution < 1.29 is 0 Å². The van der Waals surface area contributed by atoms with Crippen molar-refractivity contribution in [3.8, 4) is 0 Å². The van der Waals surface area contributed by atoms with Gasteiger partial charge in [0.15, 0.2) is 0 Å². The first-order chi connectivity index (χ1) is 4.06. The molecule has 0 heterocycles. The molecule has 0 aliphatic rings.